The van der Waals surface area contributed by atoms with Gasteiger partial charge in [-0.1, -0.05) is 42.5 Å². The number of benzene rings is 2. The molecular weight excluding hydrogens is 352 g/mol. The predicted octanol–water partition coefficient (Wildman–Crippen LogP) is 2.59. The number of nitrogens with zero attached hydrogens (tertiary/aromatic N) is 3. The Morgan fingerprint density at radius 1 is 1.11 bits per heavy atom. The second kappa shape index (κ2) is 8.25. The summed E-state index contributed by atoms with van der Waals surface area (Å²) in [5.41, 5.74) is 3.10. The lowest BCUT2D eigenvalue weighted by atomic mass is 10.1. The van der Waals surface area contributed by atoms with Gasteiger partial charge in [0.15, 0.2) is 0 Å². The summed E-state index contributed by atoms with van der Waals surface area (Å²) >= 11 is 0. The Morgan fingerprint density at radius 3 is 2.75 bits per heavy atom. The lowest BCUT2D eigenvalue weighted by Crippen LogP contribution is -2.31. The zero-order valence-electron chi connectivity index (χ0n) is 15.8. The number of imidazole rings is 1. The van der Waals surface area contributed by atoms with Crippen LogP contribution in [0.1, 0.15) is 18.4 Å². The fourth-order valence-corrected chi connectivity index (χ4v) is 3.70. The van der Waals surface area contributed by atoms with Crippen LogP contribution in [-0.2, 0) is 22.7 Å². The maximum Gasteiger partial charge on any atom is 0.223 e. The molecule has 3 aromatic rings. The zero-order valence-corrected chi connectivity index (χ0v) is 15.8. The van der Waals surface area contributed by atoms with Gasteiger partial charge in [0.2, 0.25) is 11.8 Å². The van der Waals surface area contributed by atoms with Crippen LogP contribution in [0.4, 0.5) is 0 Å². The molecule has 1 N–H and O–H groups in total. The van der Waals surface area contributed by atoms with Gasteiger partial charge in [-0.05, 0) is 17.7 Å². The second-order valence-corrected chi connectivity index (χ2v) is 7.31. The number of carbonyl (C=O) groups is 2. The van der Waals surface area contributed by atoms with Gasteiger partial charge >= 0.3 is 0 Å². The van der Waals surface area contributed by atoms with E-state index in [-0.39, 0.29) is 17.7 Å². The number of para-hydroxylation sites is 2. The molecule has 0 aliphatic carbocycles. The quantitative estimate of drug-likeness (QED) is 0.689. The van der Waals surface area contributed by atoms with Crippen LogP contribution in [0.25, 0.3) is 11.0 Å². The minimum atomic E-state index is 0.00624. The Balaban J connectivity index is 1.23. The van der Waals surface area contributed by atoms with E-state index in [1.54, 1.807) is 6.33 Å². The van der Waals surface area contributed by atoms with Crippen molar-refractivity contribution in [2.24, 2.45) is 5.92 Å². The number of aryl methyl sites for hydroxylation is 1. The minimum absolute atomic E-state index is 0.00624. The molecule has 1 unspecified atom stereocenters. The van der Waals surface area contributed by atoms with Crippen LogP contribution in [0.3, 0.4) is 0 Å². The van der Waals surface area contributed by atoms with Crippen molar-refractivity contribution in [1.29, 1.82) is 0 Å². The molecule has 1 saturated heterocycles. The summed E-state index contributed by atoms with van der Waals surface area (Å²) in [5, 5.41) is 2.99. The van der Waals surface area contributed by atoms with Crippen molar-refractivity contribution < 1.29 is 9.59 Å². The third-order valence-electron chi connectivity index (χ3n) is 5.21. The van der Waals surface area contributed by atoms with Gasteiger partial charge in [-0.3, -0.25) is 9.59 Å². The largest absolute Gasteiger partial charge is 0.356 e. The number of hydrogen-bond acceptors (Lipinski definition) is 3. The Morgan fingerprint density at radius 2 is 1.89 bits per heavy atom. The van der Waals surface area contributed by atoms with Crippen LogP contribution < -0.4 is 5.32 Å². The minimum Gasteiger partial charge on any atom is -0.356 e. The molecule has 1 aliphatic heterocycles. The maximum atomic E-state index is 12.2. The molecule has 1 aromatic heterocycles. The van der Waals surface area contributed by atoms with Crippen LogP contribution in [0.2, 0.25) is 0 Å². The Hall–Kier alpha value is -3.15. The number of hydrogen-bond donors (Lipinski definition) is 1. The molecule has 1 aliphatic rings. The summed E-state index contributed by atoms with van der Waals surface area (Å²) < 4.78 is 2.00. The molecule has 0 radical (unpaired) electrons. The van der Waals surface area contributed by atoms with E-state index in [1.165, 1.54) is 0 Å². The Kier molecular flexibility index (Phi) is 5.37. The molecular formula is C22H24N4O2. The zero-order chi connectivity index (χ0) is 19.3. The highest BCUT2D eigenvalue weighted by molar-refractivity contribution is 5.79. The smallest absolute Gasteiger partial charge is 0.223 e. The first-order valence-electron chi connectivity index (χ1n) is 9.67. The van der Waals surface area contributed by atoms with E-state index in [1.807, 2.05) is 64.1 Å². The molecule has 4 rings (SSSR count). The number of likely N-dealkylation sites (tertiary alicyclic amines) is 1. The molecule has 1 fully saturated rings. The highest BCUT2D eigenvalue weighted by atomic mass is 16.2. The van der Waals surface area contributed by atoms with E-state index in [0.717, 1.165) is 16.6 Å². The monoisotopic (exact) mass is 376 g/mol. The van der Waals surface area contributed by atoms with Gasteiger partial charge in [0.1, 0.15) is 0 Å². The molecule has 144 valence electrons. The number of aromatic nitrogens is 2. The van der Waals surface area contributed by atoms with E-state index in [2.05, 4.69) is 10.3 Å². The van der Waals surface area contributed by atoms with Crippen molar-refractivity contribution in [3.8, 4) is 0 Å². The summed E-state index contributed by atoms with van der Waals surface area (Å²) in [5.74, 6) is 0.342. The van der Waals surface area contributed by atoms with Crippen LogP contribution in [0, 0.1) is 5.92 Å². The lowest BCUT2D eigenvalue weighted by molar-refractivity contribution is -0.128. The molecule has 6 nitrogen and oxygen atoms in total. The molecule has 28 heavy (non-hydrogen) atoms. The van der Waals surface area contributed by atoms with Crippen LogP contribution >= 0.6 is 0 Å². The van der Waals surface area contributed by atoms with Gasteiger partial charge in [0.05, 0.1) is 17.4 Å². The molecule has 6 heteroatoms. The molecule has 2 heterocycles. The summed E-state index contributed by atoms with van der Waals surface area (Å²) in [6.07, 6.45) is 2.67. The van der Waals surface area contributed by atoms with Gasteiger partial charge in [0, 0.05) is 44.9 Å². The fourth-order valence-electron chi connectivity index (χ4n) is 3.70. The normalized spacial score (nSPS) is 16.6. The highest BCUT2D eigenvalue weighted by Gasteiger charge is 2.29. The second-order valence-electron chi connectivity index (χ2n) is 7.31. The summed E-state index contributed by atoms with van der Waals surface area (Å²) in [4.78, 5) is 30.7. The molecule has 1 atom stereocenters. The summed E-state index contributed by atoms with van der Waals surface area (Å²) in [6, 6.07) is 17.9. The van der Waals surface area contributed by atoms with Crippen molar-refractivity contribution in [2.45, 2.75) is 25.9 Å². The van der Waals surface area contributed by atoms with Gasteiger partial charge in [-0.2, -0.15) is 0 Å². The molecule has 0 spiro atoms. The highest BCUT2D eigenvalue weighted by Crippen LogP contribution is 2.19. The van der Waals surface area contributed by atoms with E-state index in [9.17, 15) is 9.59 Å². The maximum absolute atomic E-state index is 12.2. The van der Waals surface area contributed by atoms with Gasteiger partial charge in [-0.25, -0.2) is 4.98 Å². The first-order valence-corrected chi connectivity index (χ1v) is 9.67. The molecule has 0 saturated carbocycles. The first-order chi connectivity index (χ1) is 13.7. The molecule has 0 bridgehead atoms. The van der Waals surface area contributed by atoms with Crippen molar-refractivity contribution in [3.63, 3.8) is 0 Å². The van der Waals surface area contributed by atoms with Crippen molar-refractivity contribution >= 4 is 22.8 Å². The number of nitrogens with one attached hydrogen (secondary N) is 1. The van der Waals surface area contributed by atoms with Gasteiger partial charge < -0.3 is 14.8 Å². The Bertz CT molecular complexity index is 967. The van der Waals surface area contributed by atoms with Crippen LogP contribution in [-0.4, -0.2) is 39.4 Å². The molecule has 2 amide bonds. The van der Waals surface area contributed by atoms with E-state index >= 15 is 0 Å². The SMILES string of the molecule is O=C(CCn1cnc2ccccc21)NCC1CC(=O)N(Cc2ccccc2)C1. The van der Waals surface area contributed by atoms with E-state index < -0.39 is 0 Å². The lowest BCUT2D eigenvalue weighted by Gasteiger charge is -2.17. The van der Waals surface area contributed by atoms with E-state index in [0.29, 0.717) is 39.0 Å². The van der Waals surface area contributed by atoms with E-state index in [4.69, 9.17) is 0 Å². The fraction of sp³-hybridized carbons (Fsp3) is 0.318. The number of rotatable bonds is 7. The third kappa shape index (κ3) is 4.22. The standard InChI is InChI=1S/C22H24N4O2/c27-21(10-11-25-16-24-19-8-4-5-9-20(19)25)23-13-18-12-22(28)26(15-18)14-17-6-2-1-3-7-17/h1-9,16,18H,10-15H2,(H,23,27). The van der Waals surface area contributed by atoms with Crippen LogP contribution in [0.5, 0.6) is 0 Å². The average Bonchev–Trinajstić information content (AvgIpc) is 3.29. The van der Waals surface area contributed by atoms with Crippen molar-refractivity contribution in [1.82, 2.24) is 19.8 Å². The third-order valence-corrected chi connectivity index (χ3v) is 5.21. The van der Waals surface area contributed by atoms with Gasteiger partial charge in [0.25, 0.3) is 0 Å². The van der Waals surface area contributed by atoms with Gasteiger partial charge in [-0.15, -0.1) is 0 Å². The first kappa shape index (κ1) is 18.2. The Labute approximate surface area is 164 Å². The summed E-state index contributed by atoms with van der Waals surface area (Å²) in [7, 11) is 0. The number of fused-ring (bicyclic) bond motifs is 1. The molecule has 2 aromatic carbocycles. The topological polar surface area (TPSA) is 67.2 Å². The predicted molar refractivity (Wildman–Crippen MR) is 107 cm³/mol. The number of amides is 2. The summed E-state index contributed by atoms with van der Waals surface area (Å²) in [6.45, 7) is 2.47. The average molecular weight is 376 g/mol. The van der Waals surface area contributed by atoms with Crippen LogP contribution in [0.15, 0.2) is 60.9 Å². The van der Waals surface area contributed by atoms with Crippen molar-refractivity contribution in [3.05, 3.63) is 66.5 Å². The number of carbonyl (C=O) groups excluding carboxylic acids is 2. The van der Waals surface area contributed by atoms with Crippen molar-refractivity contribution in [2.75, 3.05) is 13.1 Å².